The Balaban J connectivity index is 2.23. The van der Waals surface area contributed by atoms with Crippen LogP contribution in [0.2, 0.25) is 0 Å². The number of thiocarbonyl (C=S) groups is 1. The van der Waals surface area contributed by atoms with Crippen molar-refractivity contribution in [1.29, 1.82) is 0 Å². The smallest absolute Gasteiger partial charge is 0.132 e. The highest BCUT2D eigenvalue weighted by atomic mass is 32.1. The Morgan fingerprint density at radius 1 is 1.17 bits per heavy atom. The highest BCUT2D eigenvalue weighted by molar-refractivity contribution is 7.80. The molecule has 0 bridgehead atoms. The third kappa shape index (κ3) is 4.30. The zero-order chi connectivity index (χ0) is 16.8. The minimum Gasteiger partial charge on any atom is -0.489 e. The average molecular weight is 329 g/mol. The SMILES string of the molecule is CNC(=S)C(OC)c1ccccc1COc1cc(C)ccc1C. The van der Waals surface area contributed by atoms with Crippen LogP contribution in [-0.4, -0.2) is 19.1 Å². The summed E-state index contributed by atoms with van der Waals surface area (Å²) in [4.78, 5) is 0.659. The van der Waals surface area contributed by atoms with E-state index >= 15 is 0 Å². The molecule has 1 atom stereocenters. The Labute approximate surface area is 143 Å². The van der Waals surface area contributed by atoms with Crippen LogP contribution in [0.3, 0.4) is 0 Å². The molecular formula is C19H23NO2S. The van der Waals surface area contributed by atoms with Crippen LogP contribution in [-0.2, 0) is 11.3 Å². The molecular weight excluding hydrogens is 306 g/mol. The average Bonchev–Trinajstić information content (AvgIpc) is 2.57. The number of hydrogen-bond acceptors (Lipinski definition) is 3. The molecule has 0 radical (unpaired) electrons. The van der Waals surface area contributed by atoms with Crippen molar-refractivity contribution >= 4 is 17.2 Å². The number of hydrogen-bond donors (Lipinski definition) is 1. The van der Waals surface area contributed by atoms with Crippen LogP contribution >= 0.6 is 12.2 Å². The summed E-state index contributed by atoms with van der Waals surface area (Å²) in [6.07, 6.45) is -0.270. The predicted octanol–water partition coefficient (Wildman–Crippen LogP) is 4.12. The number of benzene rings is 2. The quantitative estimate of drug-likeness (QED) is 0.808. The maximum atomic E-state index is 6.03. The molecule has 0 saturated heterocycles. The van der Waals surface area contributed by atoms with Crippen LogP contribution in [0.5, 0.6) is 5.75 Å². The van der Waals surface area contributed by atoms with E-state index in [1.807, 2.05) is 31.3 Å². The number of nitrogens with one attached hydrogen (secondary N) is 1. The molecule has 2 aromatic carbocycles. The van der Waals surface area contributed by atoms with Crippen molar-refractivity contribution in [1.82, 2.24) is 5.32 Å². The number of ether oxygens (including phenoxy) is 2. The molecule has 3 nitrogen and oxygen atoms in total. The van der Waals surface area contributed by atoms with E-state index in [1.54, 1.807) is 7.11 Å². The molecule has 2 aromatic rings. The van der Waals surface area contributed by atoms with Gasteiger partial charge in [0.25, 0.3) is 0 Å². The summed E-state index contributed by atoms with van der Waals surface area (Å²) in [5, 5.41) is 3.00. The second kappa shape index (κ2) is 8.09. The van der Waals surface area contributed by atoms with Gasteiger partial charge in [0, 0.05) is 14.2 Å². The summed E-state index contributed by atoms with van der Waals surface area (Å²) in [5.74, 6) is 0.907. The monoisotopic (exact) mass is 329 g/mol. The lowest BCUT2D eigenvalue weighted by atomic mass is 10.0. The highest BCUT2D eigenvalue weighted by Crippen LogP contribution is 2.25. The summed E-state index contributed by atoms with van der Waals surface area (Å²) >= 11 is 5.36. The minimum absolute atomic E-state index is 0.270. The molecule has 0 spiro atoms. The molecule has 0 amide bonds. The Morgan fingerprint density at radius 2 is 1.91 bits per heavy atom. The van der Waals surface area contributed by atoms with E-state index in [0.29, 0.717) is 11.6 Å². The lowest BCUT2D eigenvalue weighted by Gasteiger charge is -2.20. The lowest BCUT2D eigenvalue weighted by Crippen LogP contribution is -2.26. The first-order chi connectivity index (χ1) is 11.1. The van der Waals surface area contributed by atoms with Gasteiger partial charge < -0.3 is 14.8 Å². The maximum absolute atomic E-state index is 6.03. The first-order valence-electron chi connectivity index (χ1n) is 7.59. The van der Waals surface area contributed by atoms with E-state index in [9.17, 15) is 0 Å². The number of likely N-dealkylation sites (N-methyl/N-ethyl adjacent to an activating group) is 1. The molecule has 0 saturated carbocycles. The molecule has 23 heavy (non-hydrogen) atoms. The topological polar surface area (TPSA) is 30.5 Å². The first-order valence-corrected chi connectivity index (χ1v) is 8.00. The van der Waals surface area contributed by atoms with Crippen molar-refractivity contribution in [3.63, 3.8) is 0 Å². The van der Waals surface area contributed by atoms with Gasteiger partial charge in [-0.25, -0.2) is 0 Å². The third-order valence-corrected chi connectivity index (χ3v) is 4.20. The van der Waals surface area contributed by atoms with Gasteiger partial charge in [-0.2, -0.15) is 0 Å². The second-order valence-electron chi connectivity index (χ2n) is 5.49. The predicted molar refractivity (Wildman–Crippen MR) is 98.1 cm³/mol. The molecule has 0 aliphatic carbocycles. The summed E-state index contributed by atoms with van der Waals surface area (Å²) < 4.78 is 11.6. The lowest BCUT2D eigenvalue weighted by molar-refractivity contribution is 0.155. The van der Waals surface area contributed by atoms with Crippen molar-refractivity contribution in [2.45, 2.75) is 26.6 Å². The van der Waals surface area contributed by atoms with Crippen molar-refractivity contribution in [3.8, 4) is 5.75 Å². The fourth-order valence-corrected chi connectivity index (χ4v) is 2.67. The van der Waals surface area contributed by atoms with Crippen molar-refractivity contribution in [2.24, 2.45) is 0 Å². The molecule has 4 heteroatoms. The van der Waals surface area contributed by atoms with Gasteiger partial charge in [-0.05, 0) is 42.2 Å². The largest absolute Gasteiger partial charge is 0.489 e. The molecule has 0 aromatic heterocycles. The molecule has 1 N–H and O–H groups in total. The minimum atomic E-state index is -0.270. The van der Waals surface area contributed by atoms with Gasteiger partial charge in [-0.3, -0.25) is 0 Å². The molecule has 2 rings (SSSR count). The summed E-state index contributed by atoms with van der Waals surface area (Å²) in [5.41, 5.74) is 4.41. The van der Waals surface area contributed by atoms with Gasteiger partial charge in [0.2, 0.25) is 0 Å². The molecule has 0 heterocycles. The Morgan fingerprint density at radius 3 is 2.61 bits per heavy atom. The number of methoxy groups -OCH3 is 1. The van der Waals surface area contributed by atoms with E-state index in [4.69, 9.17) is 21.7 Å². The normalized spacial score (nSPS) is 11.8. The third-order valence-electron chi connectivity index (χ3n) is 3.78. The van der Waals surface area contributed by atoms with Crippen LogP contribution in [0.15, 0.2) is 42.5 Å². The fourth-order valence-electron chi connectivity index (χ4n) is 2.45. The van der Waals surface area contributed by atoms with Gasteiger partial charge in [0.05, 0.1) is 0 Å². The van der Waals surface area contributed by atoms with E-state index in [2.05, 4.69) is 37.4 Å². The Hall–Kier alpha value is -1.91. The Bertz CT molecular complexity index is 685. The van der Waals surface area contributed by atoms with Gasteiger partial charge in [0.15, 0.2) is 0 Å². The van der Waals surface area contributed by atoms with Crippen LogP contribution in [0.25, 0.3) is 0 Å². The maximum Gasteiger partial charge on any atom is 0.132 e. The summed E-state index contributed by atoms with van der Waals surface area (Å²) in [6.45, 7) is 4.59. The molecule has 0 aliphatic rings. The second-order valence-corrected chi connectivity index (χ2v) is 5.93. The molecule has 122 valence electrons. The van der Waals surface area contributed by atoms with Crippen molar-refractivity contribution in [2.75, 3.05) is 14.2 Å². The summed E-state index contributed by atoms with van der Waals surface area (Å²) in [7, 11) is 3.47. The zero-order valence-corrected chi connectivity index (χ0v) is 14.9. The number of rotatable bonds is 6. The standard InChI is InChI=1S/C19H23NO2S/c1-13-9-10-14(2)17(11-13)22-12-15-7-5-6-8-16(15)18(21-4)19(23)20-3/h5-11,18H,12H2,1-4H3,(H,20,23). The van der Waals surface area contributed by atoms with Crippen LogP contribution < -0.4 is 10.1 Å². The van der Waals surface area contributed by atoms with Gasteiger partial charge >= 0.3 is 0 Å². The van der Waals surface area contributed by atoms with Crippen molar-refractivity contribution in [3.05, 3.63) is 64.7 Å². The van der Waals surface area contributed by atoms with Crippen molar-refractivity contribution < 1.29 is 9.47 Å². The van der Waals surface area contributed by atoms with Gasteiger partial charge in [-0.1, -0.05) is 48.6 Å². The molecule has 0 aliphatic heterocycles. The van der Waals surface area contributed by atoms with E-state index in [0.717, 1.165) is 22.4 Å². The van der Waals surface area contributed by atoms with Gasteiger partial charge in [0.1, 0.15) is 23.4 Å². The van der Waals surface area contributed by atoms with E-state index in [-0.39, 0.29) is 6.10 Å². The summed E-state index contributed by atoms with van der Waals surface area (Å²) in [6, 6.07) is 14.3. The van der Waals surface area contributed by atoms with E-state index in [1.165, 1.54) is 5.56 Å². The van der Waals surface area contributed by atoms with Crippen LogP contribution in [0.1, 0.15) is 28.4 Å². The fraction of sp³-hybridized carbons (Fsp3) is 0.316. The molecule has 1 unspecified atom stereocenters. The first kappa shape index (κ1) is 17.4. The van der Waals surface area contributed by atoms with E-state index < -0.39 is 0 Å². The van der Waals surface area contributed by atoms with Gasteiger partial charge in [-0.15, -0.1) is 0 Å². The zero-order valence-electron chi connectivity index (χ0n) is 14.1. The number of aryl methyl sites for hydroxylation is 2. The highest BCUT2D eigenvalue weighted by Gasteiger charge is 2.18. The molecule has 0 fully saturated rings. The van der Waals surface area contributed by atoms with Crippen LogP contribution in [0.4, 0.5) is 0 Å². The van der Waals surface area contributed by atoms with Crippen LogP contribution in [0, 0.1) is 13.8 Å². The Kier molecular flexibility index (Phi) is 6.13.